The van der Waals surface area contributed by atoms with Crippen molar-refractivity contribution in [3.8, 4) is 0 Å². The Morgan fingerprint density at radius 2 is 2.30 bits per heavy atom. The molecular formula is C13H17N3O2S2. The molecule has 20 heavy (non-hydrogen) atoms. The van der Waals surface area contributed by atoms with Crippen molar-refractivity contribution in [3.05, 3.63) is 24.0 Å². The van der Waals surface area contributed by atoms with Gasteiger partial charge >= 0.3 is 0 Å². The standard InChI is InChI=1S/C13H17N3O2S2/c1-20(17,18)10-2-3-11-12(7-10)16-13(15-11)6-9-8-19-5-4-14-9/h2-3,7,9,14H,4-6,8H2,1H3,(H,15,16). The Bertz CT molecular complexity index is 718. The minimum absolute atomic E-state index is 0.326. The molecule has 0 bridgehead atoms. The topological polar surface area (TPSA) is 74.8 Å². The minimum atomic E-state index is -3.18. The molecule has 2 N–H and O–H groups in total. The van der Waals surface area contributed by atoms with Gasteiger partial charge < -0.3 is 10.3 Å². The van der Waals surface area contributed by atoms with Crippen molar-refractivity contribution in [3.63, 3.8) is 0 Å². The Morgan fingerprint density at radius 1 is 1.45 bits per heavy atom. The molecule has 2 heterocycles. The highest BCUT2D eigenvalue weighted by Gasteiger charge is 2.16. The Morgan fingerprint density at radius 3 is 3.00 bits per heavy atom. The molecule has 0 aliphatic carbocycles. The Hall–Kier alpha value is -1.05. The number of hydrogen-bond acceptors (Lipinski definition) is 5. The summed E-state index contributed by atoms with van der Waals surface area (Å²) in [4.78, 5) is 8.09. The second-order valence-electron chi connectivity index (χ2n) is 5.06. The fourth-order valence-corrected chi connectivity index (χ4v) is 3.95. The van der Waals surface area contributed by atoms with Crippen LogP contribution in [0.1, 0.15) is 5.82 Å². The van der Waals surface area contributed by atoms with Crippen molar-refractivity contribution in [1.29, 1.82) is 0 Å². The quantitative estimate of drug-likeness (QED) is 0.891. The van der Waals surface area contributed by atoms with Crippen molar-refractivity contribution >= 4 is 32.6 Å². The van der Waals surface area contributed by atoms with Gasteiger partial charge in [-0.15, -0.1) is 0 Å². The third kappa shape index (κ3) is 2.99. The van der Waals surface area contributed by atoms with Gasteiger partial charge in [0.15, 0.2) is 9.84 Å². The van der Waals surface area contributed by atoms with Crippen LogP contribution >= 0.6 is 11.8 Å². The van der Waals surface area contributed by atoms with Gasteiger partial charge in [0, 0.05) is 36.8 Å². The molecule has 5 nitrogen and oxygen atoms in total. The first-order valence-corrected chi connectivity index (χ1v) is 9.57. The number of aromatic amines is 1. The first-order chi connectivity index (χ1) is 9.52. The van der Waals surface area contributed by atoms with Crippen LogP contribution in [0.5, 0.6) is 0 Å². The number of imidazole rings is 1. The van der Waals surface area contributed by atoms with Gasteiger partial charge in [-0.1, -0.05) is 0 Å². The SMILES string of the molecule is CS(=O)(=O)c1ccc2nc(CC3CSCCN3)[nH]c2c1. The molecule has 0 radical (unpaired) electrons. The van der Waals surface area contributed by atoms with E-state index >= 15 is 0 Å². The van der Waals surface area contributed by atoms with Gasteiger partial charge in [-0.05, 0) is 18.2 Å². The number of hydrogen-bond donors (Lipinski definition) is 2. The van der Waals surface area contributed by atoms with Crippen molar-refractivity contribution in [2.24, 2.45) is 0 Å². The van der Waals surface area contributed by atoms with E-state index in [1.165, 1.54) is 6.26 Å². The summed E-state index contributed by atoms with van der Waals surface area (Å²) in [6.45, 7) is 1.04. The lowest BCUT2D eigenvalue weighted by molar-refractivity contribution is 0.553. The maximum atomic E-state index is 11.6. The van der Waals surface area contributed by atoms with Gasteiger partial charge in [0.25, 0.3) is 0 Å². The van der Waals surface area contributed by atoms with Crippen molar-refractivity contribution in [2.75, 3.05) is 24.3 Å². The van der Waals surface area contributed by atoms with E-state index in [2.05, 4.69) is 15.3 Å². The van der Waals surface area contributed by atoms with Crippen LogP contribution < -0.4 is 5.32 Å². The van der Waals surface area contributed by atoms with E-state index in [1.807, 2.05) is 11.8 Å². The van der Waals surface area contributed by atoms with Gasteiger partial charge in [0.1, 0.15) is 5.82 Å². The first kappa shape index (κ1) is 13.9. The Kier molecular flexibility index (Phi) is 3.74. The van der Waals surface area contributed by atoms with Crippen LogP contribution in [0.4, 0.5) is 0 Å². The molecule has 1 saturated heterocycles. The number of rotatable bonds is 3. The molecular weight excluding hydrogens is 294 g/mol. The summed E-state index contributed by atoms with van der Waals surface area (Å²) in [7, 11) is -3.18. The number of fused-ring (bicyclic) bond motifs is 1. The van der Waals surface area contributed by atoms with Gasteiger partial charge in [0.2, 0.25) is 0 Å². The zero-order chi connectivity index (χ0) is 14.2. The number of H-pyrrole nitrogens is 1. The zero-order valence-corrected chi connectivity index (χ0v) is 12.9. The fraction of sp³-hybridized carbons (Fsp3) is 0.462. The molecule has 1 aromatic heterocycles. The number of nitrogens with one attached hydrogen (secondary N) is 2. The number of benzene rings is 1. The second-order valence-corrected chi connectivity index (χ2v) is 8.23. The van der Waals surface area contributed by atoms with Crippen LogP contribution in [0.25, 0.3) is 11.0 Å². The highest BCUT2D eigenvalue weighted by molar-refractivity contribution is 7.99. The number of aromatic nitrogens is 2. The molecule has 1 aliphatic heterocycles. The molecule has 1 unspecified atom stereocenters. The molecule has 108 valence electrons. The van der Waals surface area contributed by atoms with Crippen LogP contribution in [0, 0.1) is 0 Å². The van der Waals surface area contributed by atoms with E-state index in [-0.39, 0.29) is 0 Å². The van der Waals surface area contributed by atoms with Gasteiger partial charge in [-0.2, -0.15) is 11.8 Å². The van der Waals surface area contributed by atoms with Crippen molar-refractivity contribution < 1.29 is 8.42 Å². The van der Waals surface area contributed by atoms with Crippen LogP contribution in [-0.2, 0) is 16.3 Å². The summed E-state index contributed by atoms with van der Waals surface area (Å²) in [6.07, 6.45) is 2.06. The molecule has 3 rings (SSSR count). The monoisotopic (exact) mass is 311 g/mol. The van der Waals surface area contributed by atoms with E-state index < -0.39 is 9.84 Å². The number of thioether (sulfide) groups is 1. The Labute approximate surface area is 122 Å². The van der Waals surface area contributed by atoms with E-state index in [1.54, 1.807) is 18.2 Å². The third-order valence-corrected chi connectivity index (χ3v) is 5.61. The average Bonchev–Trinajstić information content (AvgIpc) is 2.80. The number of nitrogens with zero attached hydrogens (tertiary/aromatic N) is 1. The Balaban J connectivity index is 1.86. The molecule has 1 fully saturated rings. The summed E-state index contributed by atoms with van der Waals surface area (Å²) in [5.74, 6) is 3.16. The molecule has 1 aliphatic rings. The van der Waals surface area contributed by atoms with E-state index in [9.17, 15) is 8.42 Å². The smallest absolute Gasteiger partial charge is 0.175 e. The lowest BCUT2D eigenvalue weighted by atomic mass is 10.2. The maximum Gasteiger partial charge on any atom is 0.175 e. The lowest BCUT2D eigenvalue weighted by Crippen LogP contribution is -2.39. The van der Waals surface area contributed by atoms with Crippen molar-refractivity contribution in [1.82, 2.24) is 15.3 Å². The summed E-state index contributed by atoms with van der Waals surface area (Å²) < 4.78 is 23.1. The lowest BCUT2D eigenvalue weighted by Gasteiger charge is -2.21. The predicted octanol–water partition coefficient (Wildman–Crippen LogP) is 1.21. The van der Waals surface area contributed by atoms with Crippen LogP contribution in [0.2, 0.25) is 0 Å². The molecule has 2 aromatic rings. The van der Waals surface area contributed by atoms with Crippen LogP contribution in [0.3, 0.4) is 0 Å². The largest absolute Gasteiger partial charge is 0.342 e. The molecule has 1 aromatic carbocycles. The molecule has 1 atom stereocenters. The normalized spacial score (nSPS) is 20.4. The van der Waals surface area contributed by atoms with E-state index in [4.69, 9.17) is 0 Å². The summed E-state index contributed by atoms with van der Waals surface area (Å²) in [5, 5.41) is 3.47. The first-order valence-electron chi connectivity index (χ1n) is 6.52. The zero-order valence-electron chi connectivity index (χ0n) is 11.2. The second kappa shape index (κ2) is 5.38. The minimum Gasteiger partial charge on any atom is -0.342 e. The van der Waals surface area contributed by atoms with Gasteiger partial charge in [-0.3, -0.25) is 0 Å². The molecule has 0 amide bonds. The van der Waals surface area contributed by atoms with Crippen LogP contribution in [0.15, 0.2) is 23.1 Å². The highest BCUT2D eigenvalue weighted by atomic mass is 32.2. The van der Waals surface area contributed by atoms with E-state index in [0.717, 1.165) is 41.3 Å². The van der Waals surface area contributed by atoms with Crippen molar-refractivity contribution in [2.45, 2.75) is 17.4 Å². The number of sulfone groups is 1. The predicted molar refractivity (Wildman–Crippen MR) is 82.0 cm³/mol. The van der Waals surface area contributed by atoms with Crippen LogP contribution in [-0.4, -0.2) is 48.7 Å². The molecule has 0 spiro atoms. The summed E-state index contributed by atoms with van der Waals surface area (Å²) >= 11 is 1.95. The molecule has 7 heteroatoms. The average molecular weight is 311 g/mol. The third-order valence-electron chi connectivity index (χ3n) is 3.37. The van der Waals surface area contributed by atoms with E-state index in [0.29, 0.717) is 10.9 Å². The maximum absolute atomic E-state index is 11.6. The molecule has 0 saturated carbocycles. The summed E-state index contributed by atoms with van der Waals surface area (Å²) in [5.41, 5.74) is 1.60. The van der Waals surface area contributed by atoms with Gasteiger partial charge in [-0.25, -0.2) is 13.4 Å². The fourth-order valence-electron chi connectivity index (χ4n) is 2.35. The highest BCUT2D eigenvalue weighted by Crippen LogP contribution is 2.19. The summed E-state index contributed by atoms with van der Waals surface area (Å²) in [6, 6.07) is 5.46. The van der Waals surface area contributed by atoms with Gasteiger partial charge in [0.05, 0.1) is 15.9 Å².